The molecule has 80 valence electrons. The van der Waals surface area contributed by atoms with Crippen LogP contribution >= 0.6 is 0 Å². The van der Waals surface area contributed by atoms with E-state index in [0.717, 1.165) is 0 Å². The molecule has 14 heavy (non-hydrogen) atoms. The largest absolute Gasteiger partial charge is 0.352 e. The molecule has 1 heterocycles. The molecular formula is C9H15NO4. The van der Waals surface area contributed by atoms with Gasteiger partial charge in [-0.1, -0.05) is 0 Å². The number of carbonyl (C=O) groups excluding carboxylic acids is 1. The van der Waals surface area contributed by atoms with Crippen LogP contribution in [0.25, 0.3) is 0 Å². The van der Waals surface area contributed by atoms with Crippen molar-refractivity contribution in [2.24, 2.45) is 0 Å². The minimum atomic E-state index is -0.896. The Kier molecular flexibility index (Phi) is 3.62. The van der Waals surface area contributed by atoms with Gasteiger partial charge in [0.1, 0.15) is 0 Å². The van der Waals surface area contributed by atoms with Crippen molar-refractivity contribution in [1.29, 1.82) is 0 Å². The summed E-state index contributed by atoms with van der Waals surface area (Å²) >= 11 is 0. The molecule has 0 aromatic carbocycles. The minimum absolute atomic E-state index is 0.126. The molecule has 2 unspecified atom stereocenters. The molecule has 0 saturated carbocycles. The Morgan fingerprint density at radius 3 is 2.79 bits per heavy atom. The van der Waals surface area contributed by atoms with Gasteiger partial charge in [-0.3, -0.25) is 4.79 Å². The molecule has 1 aliphatic rings. The number of nitrogens with one attached hydrogen (secondary N) is 1. The summed E-state index contributed by atoms with van der Waals surface area (Å²) in [4.78, 5) is 10.7. The maximum Gasteiger partial charge on any atom is 0.217 e. The second-order valence-corrected chi connectivity index (χ2v) is 3.01. The summed E-state index contributed by atoms with van der Waals surface area (Å²) in [6.45, 7) is 1.71. The molecule has 0 fully saturated rings. The van der Waals surface area contributed by atoms with Crippen LogP contribution in [0.3, 0.4) is 0 Å². The molecule has 1 aliphatic heterocycles. The number of carbonyl (C=O) groups is 1. The Bertz CT molecular complexity index is 241. The number of hydrogen-bond acceptors (Lipinski definition) is 4. The molecule has 5 heteroatoms. The molecule has 2 atom stereocenters. The minimum Gasteiger partial charge on any atom is -0.352 e. The van der Waals surface area contributed by atoms with Gasteiger partial charge in [0.2, 0.25) is 11.7 Å². The first-order valence-corrected chi connectivity index (χ1v) is 4.31. The van der Waals surface area contributed by atoms with Gasteiger partial charge in [0.25, 0.3) is 0 Å². The monoisotopic (exact) mass is 201 g/mol. The lowest BCUT2D eigenvalue weighted by atomic mass is 10.2. The van der Waals surface area contributed by atoms with Crippen molar-refractivity contribution in [1.82, 2.24) is 5.32 Å². The van der Waals surface area contributed by atoms with Crippen LogP contribution in [0, 0.1) is 0 Å². The van der Waals surface area contributed by atoms with Gasteiger partial charge in [0.15, 0.2) is 6.29 Å². The van der Waals surface area contributed by atoms with E-state index in [0.29, 0.717) is 0 Å². The van der Waals surface area contributed by atoms with Gasteiger partial charge in [0, 0.05) is 21.1 Å². The molecule has 0 spiro atoms. The van der Waals surface area contributed by atoms with Crippen molar-refractivity contribution in [2.75, 3.05) is 20.8 Å². The zero-order valence-electron chi connectivity index (χ0n) is 8.57. The van der Waals surface area contributed by atoms with Crippen molar-refractivity contribution < 1.29 is 19.0 Å². The first kappa shape index (κ1) is 11.2. The molecule has 1 rings (SSSR count). The lowest BCUT2D eigenvalue weighted by molar-refractivity contribution is -0.239. The van der Waals surface area contributed by atoms with E-state index >= 15 is 0 Å². The molecule has 0 aromatic heterocycles. The second kappa shape index (κ2) is 4.54. The average molecular weight is 201 g/mol. The standard InChI is InChI=1S/C9H15NO4/c1-7(11)10-6-9(13-3)5-4-8(12-2)14-9/h4-5,8H,6H2,1-3H3,(H,10,11). The molecule has 5 nitrogen and oxygen atoms in total. The summed E-state index contributed by atoms with van der Waals surface area (Å²) in [7, 11) is 3.06. The predicted octanol–water partition coefficient (Wildman–Crippen LogP) is 0.0241. The Hall–Kier alpha value is -0.910. The van der Waals surface area contributed by atoms with Gasteiger partial charge in [-0.05, 0) is 12.2 Å². The van der Waals surface area contributed by atoms with Crippen LogP contribution in [0.2, 0.25) is 0 Å². The highest BCUT2D eigenvalue weighted by Gasteiger charge is 2.35. The van der Waals surface area contributed by atoms with Crippen LogP contribution in [0.1, 0.15) is 6.92 Å². The van der Waals surface area contributed by atoms with Crippen LogP contribution in [-0.2, 0) is 19.0 Å². The number of ether oxygens (including phenoxy) is 3. The third-order valence-electron chi connectivity index (χ3n) is 1.98. The fourth-order valence-electron chi connectivity index (χ4n) is 1.16. The summed E-state index contributed by atoms with van der Waals surface area (Å²) in [5, 5.41) is 2.63. The molecule has 0 aromatic rings. The van der Waals surface area contributed by atoms with Gasteiger partial charge < -0.3 is 19.5 Å². The highest BCUT2D eigenvalue weighted by molar-refractivity contribution is 5.72. The van der Waals surface area contributed by atoms with Gasteiger partial charge in [-0.25, -0.2) is 0 Å². The number of amides is 1. The normalized spacial score (nSPS) is 30.6. The molecular weight excluding hydrogens is 186 g/mol. The Morgan fingerprint density at radius 1 is 1.64 bits per heavy atom. The van der Waals surface area contributed by atoms with E-state index in [1.807, 2.05) is 0 Å². The Morgan fingerprint density at radius 2 is 2.36 bits per heavy atom. The second-order valence-electron chi connectivity index (χ2n) is 3.01. The maximum absolute atomic E-state index is 10.7. The SMILES string of the molecule is COC1C=CC(CNC(C)=O)(OC)O1. The van der Waals surface area contributed by atoms with Crippen molar-refractivity contribution in [2.45, 2.75) is 19.0 Å². The first-order valence-electron chi connectivity index (χ1n) is 4.31. The van der Waals surface area contributed by atoms with Crippen LogP contribution in [0.4, 0.5) is 0 Å². The van der Waals surface area contributed by atoms with Crippen molar-refractivity contribution >= 4 is 5.91 Å². The summed E-state index contributed by atoms with van der Waals surface area (Å²) in [6.07, 6.45) is 3.06. The van der Waals surface area contributed by atoms with Gasteiger partial charge >= 0.3 is 0 Å². The third kappa shape index (κ3) is 2.54. The zero-order chi connectivity index (χ0) is 10.6. The number of rotatable bonds is 4. The molecule has 1 amide bonds. The summed E-state index contributed by atoms with van der Waals surface area (Å²) in [6, 6.07) is 0. The van der Waals surface area contributed by atoms with Crippen molar-refractivity contribution in [3.63, 3.8) is 0 Å². The fraction of sp³-hybridized carbons (Fsp3) is 0.667. The van der Waals surface area contributed by atoms with Crippen LogP contribution in [-0.4, -0.2) is 38.7 Å². The first-order chi connectivity index (χ1) is 6.62. The van der Waals surface area contributed by atoms with E-state index in [1.54, 1.807) is 19.3 Å². The third-order valence-corrected chi connectivity index (χ3v) is 1.98. The fourth-order valence-corrected chi connectivity index (χ4v) is 1.16. The van der Waals surface area contributed by atoms with E-state index in [-0.39, 0.29) is 12.5 Å². The predicted molar refractivity (Wildman–Crippen MR) is 49.4 cm³/mol. The van der Waals surface area contributed by atoms with Gasteiger partial charge in [-0.15, -0.1) is 0 Å². The molecule has 0 radical (unpaired) electrons. The lowest BCUT2D eigenvalue weighted by Crippen LogP contribution is -2.44. The Balaban J connectivity index is 2.52. The highest BCUT2D eigenvalue weighted by atomic mass is 16.8. The van der Waals surface area contributed by atoms with Crippen molar-refractivity contribution in [3.8, 4) is 0 Å². The lowest BCUT2D eigenvalue weighted by Gasteiger charge is -2.26. The highest BCUT2D eigenvalue weighted by Crippen LogP contribution is 2.23. The van der Waals surface area contributed by atoms with E-state index in [2.05, 4.69) is 5.32 Å². The van der Waals surface area contributed by atoms with Gasteiger partial charge in [-0.2, -0.15) is 0 Å². The summed E-state index contributed by atoms with van der Waals surface area (Å²) in [5.74, 6) is -1.02. The smallest absolute Gasteiger partial charge is 0.217 e. The quantitative estimate of drug-likeness (QED) is 0.652. The topological polar surface area (TPSA) is 56.8 Å². The van der Waals surface area contributed by atoms with Gasteiger partial charge in [0.05, 0.1) is 6.54 Å². The number of methoxy groups -OCH3 is 2. The number of hydrogen-bond donors (Lipinski definition) is 1. The van der Waals surface area contributed by atoms with Crippen LogP contribution in [0.15, 0.2) is 12.2 Å². The van der Waals surface area contributed by atoms with E-state index < -0.39 is 12.1 Å². The summed E-state index contributed by atoms with van der Waals surface area (Å²) < 4.78 is 15.6. The summed E-state index contributed by atoms with van der Waals surface area (Å²) in [5.41, 5.74) is 0. The maximum atomic E-state index is 10.7. The van der Waals surface area contributed by atoms with Crippen molar-refractivity contribution in [3.05, 3.63) is 12.2 Å². The zero-order valence-corrected chi connectivity index (χ0v) is 8.57. The molecule has 0 bridgehead atoms. The average Bonchev–Trinajstić information content (AvgIpc) is 2.59. The van der Waals surface area contributed by atoms with E-state index in [9.17, 15) is 4.79 Å². The van der Waals surface area contributed by atoms with E-state index in [4.69, 9.17) is 14.2 Å². The van der Waals surface area contributed by atoms with Crippen LogP contribution in [0.5, 0.6) is 0 Å². The van der Waals surface area contributed by atoms with Crippen LogP contribution < -0.4 is 5.32 Å². The Labute approximate surface area is 83.0 Å². The molecule has 0 aliphatic carbocycles. The van der Waals surface area contributed by atoms with E-state index in [1.165, 1.54) is 14.0 Å². The molecule has 1 N–H and O–H groups in total. The molecule has 0 saturated heterocycles.